The highest BCUT2D eigenvalue weighted by Gasteiger charge is 2.24. The molecule has 1 aliphatic heterocycles. The van der Waals surface area contributed by atoms with Crippen LogP contribution in [0.15, 0.2) is 30.6 Å². The minimum absolute atomic E-state index is 0.0461. The summed E-state index contributed by atoms with van der Waals surface area (Å²) in [7, 11) is 0. The first-order valence-corrected chi connectivity index (χ1v) is 7.94. The second kappa shape index (κ2) is 6.32. The SMILES string of the molecule is CC1CCNCC1NC(=O)c1cnc(-c2ccccn2)s1. The Balaban J connectivity index is 1.69. The van der Waals surface area contributed by atoms with Gasteiger partial charge in [-0.2, -0.15) is 0 Å². The lowest BCUT2D eigenvalue weighted by atomic mass is 9.95. The summed E-state index contributed by atoms with van der Waals surface area (Å²) in [5, 5.41) is 7.19. The maximum absolute atomic E-state index is 12.3. The summed E-state index contributed by atoms with van der Waals surface area (Å²) in [5.41, 5.74) is 0.800. The molecule has 2 atom stereocenters. The molecule has 0 aromatic carbocycles. The van der Waals surface area contributed by atoms with Crippen LogP contribution in [-0.2, 0) is 0 Å². The molecule has 1 fully saturated rings. The van der Waals surface area contributed by atoms with Gasteiger partial charge in [-0.05, 0) is 31.0 Å². The fraction of sp³-hybridized carbons (Fsp3) is 0.400. The molecule has 3 rings (SSSR count). The van der Waals surface area contributed by atoms with E-state index in [4.69, 9.17) is 0 Å². The summed E-state index contributed by atoms with van der Waals surface area (Å²) in [6.07, 6.45) is 4.45. The van der Waals surface area contributed by atoms with Gasteiger partial charge in [-0.3, -0.25) is 9.78 Å². The predicted octanol–water partition coefficient (Wildman–Crippen LogP) is 1.93. The number of aromatic nitrogens is 2. The van der Waals surface area contributed by atoms with E-state index in [9.17, 15) is 4.79 Å². The van der Waals surface area contributed by atoms with E-state index in [-0.39, 0.29) is 11.9 Å². The lowest BCUT2D eigenvalue weighted by molar-refractivity contribution is 0.0919. The van der Waals surface area contributed by atoms with Gasteiger partial charge in [0.1, 0.15) is 9.88 Å². The van der Waals surface area contributed by atoms with E-state index < -0.39 is 0 Å². The second-order valence-electron chi connectivity index (χ2n) is 5.29. The van der Waals surface area contributed by atoms with Crippen LogP contribution in [0.3, 0.4) is 0 Å². The van der Waals surface area contributed by atoms with E-state index in [0.29, 0.717) is 10.8 Å². The molecule has 2 aromatic heterocycles. The fourth-order valence-corrected chi connectivity index (χ4v) is 3.21. The van der Waals surface area contributed by atoms with E-state index in [1.807, 2.05) is 18.2 Å². The van der Waals surface area contributed by atoms with Gasteiger partial charge in [-0.15, -0.1) is 11.3 Å². The van der Waals surface area contributed by atoms with Crippen LogP contribution in [0.4, 0.5) is 0 Å². The van der Waals surface area contributed by atoms with Gasteiger partial charge in [0.15, 0.2) is 0 Å². The number of hydrogen-bond acceptors (Lipinski definition) is 5. The van der Waals surface area contributed by atoms with Gasteiger partial charge in [-0.1, -0.05) is 13.0 Å². The number of nitrogens with one attached hydrogen (secondary N) is 2. The quantitative estimate of drug-likeness (QED) is 0.909. The number of hydrogen-bond donors (Lipinski definition) is 2. The summed E-state index contributed by atoms with van der Waals surface area (Å²) in [6, 6.07) is 5.86. The Hall–Kier alpha value is -1.79. The van der Waals surface area contributed by atoms with Gasteiger partial charge in [0.25, 0.3) is 5.91 Å². The van der Waals surface area contributed by atoms with Gasteiger partial charge in [0.05, 0.1) is 11.9 Å². The van der Waals surface area contributed by atoms with E-state index in [1.165, 1.54) is 11.3 Å². The molecule has 1 amide bonds. The van der Waals surface area contributed by atoms with Crippen LogP contribution in [0.2, 0.25) is 0 Å². The maximum atomic E-state index is 12.3. The van der Waals surface area contributed by atoms with Gasteiger partial charge in [0.2, 0.25) is 0 Å². The van der Waals surface area contributed by atoms with E-state index in [0.717, 1.165) is 30.2 Å². The molecule has 2 N–H and O–H groups in total. The molecule has 0 radical (unpaired) electrons. The van der Waals surface area contributed by atoms with Crippen molar-refractivity contribution in [2.24, 2.45) is 5.92 Å². The van der Waals surface area contributed by atoms with Crippen molar-refractivity contribution in [3.05, 3.63) is 35.5 Å². The zero-order valence-corrected chi connectivity index (χ0v) is 12.7. The van der Waals surface area contributed by atoms with Crippen molar-refractivity contribution in [3.63, 3.8) is 0 Å². The smallest absolute Gasteiger partial charge is 0.263 e. The number of carbonyl (C=O) groups excluding carboxylic acids is 1. The average Bonchev–Trinajstić information content (AvgIpc) is 3.00. The molecule has 3 heterocycles. The first kappa shape index (κ1) is 14.2. The molecule has 21 heavy (non-hydrogen) atoms. The predicted molar refractivity (Wildman–Crippen MR) is 83.2 cm³/mol. The van der Waals surface area contributed by atoms with Gasteiger partial charge < -0.3 is 10.6 Å². The third-order valence-corrected chi connectivity index (χ3v) is 4.78. The van der Waals surface area contributed by atoms with Crippen molar-refractivity contribution in [2.45, 2.75) is 19.4 Å². The average molecular weight is 302 g/mol. The topological polar surface area (TPSA) is 66.9 Å². The molecule has 5 nitrogen and oxygen atoms in total. The highest BCUT2D eigenvalue weighted by atomic mass is 32.1. The summed E-state index contributed by atoms with van der Waals surface area (Å²) >= 11 is 1.38. The third-order valence-electron chi connectivity index (χ3n) is 3.76. The second-order valence-corrected chi connectivity index (χ2v) is 6.33. The van der Waals surface area contributed by atoms with Crippen molar-refractivity contribution in [3.8, 4) is 10.7 Å². The fourth-order valence-electron chi connectivity index (χ4n) is 2.41. The van der Waals surface area contributed by atoms with Gasteiger partial charge in [-0.25, -0.2) is 4.98 Å². The van der Waals surface area contributed by atoms with Gasteiger partial charge in [0, 0.05) is 18.8 Å². The van der Waals surface area contributed by atoms with Crippen molar-refractivity contribution in [1.29, 1.82) is 0 Å². The number of amides is 1. The molecular weight excluding hydrogens is 284 g/mol. The number of thiazole rings is 1. The summed E-state index contributed by atoms with van der Waals surface area (Å²) in [6.45, 7) is 4.04. The standard InChI is InChI=1S/C15H18N4OS/c1-10-5-7-16-8-12(10)19-14(20)13-9-18-15(21-13)11-4-2-3-6-17-11/h2-4,6,9-10,12,16H,5,7-8H2,1H3,(H,19,20). The highest BCUT2D eigenvalue weighted by Crippen LogP contribution is 2.23. The number of nitrogens with zero attached hydrogens (tertiary/aromatic N) is 2. The van der Waals surface area contributed by atoms with Crippen LogP contribution in [-0.4, -0.2) is 35.0 Å². The lowest BCUT2D eigenvalue weighted by Gasteiger charge is -2.29. The van der Waals surface area contributed by atoms with Crippen LogP contribution in [0.1, 0.15) is 23.0 Å². The number of rotatable bonds is 3. The Labute approximate surface area is 127 Å². The van der Waals surface area contributed by atoms with Crippen molar-refractivity contribution < 1.29 is 4.79 Å². The zero-order valence-electron chi connectivity index (χ0n) is 11.9. The normalized spacial score (nSPS) is 22.0. The molecule has 2 aromatic rings. The summed E-state index contributed by atoms with van der Waals surface area (Å²) in [5.74, 6) is 0.452. The van der Waals surface area contributed by atoms with E-state index in [2.05, 4.69) is 27.5 Å². The molecule has 1 aliphatic rings. The van der Waals surface area contributed by atoms with Crippen molar-refractivity contribution in [1.82, 2.24) is 20.6 Å². The molecule has 1 saturated heterocycles. The Kier molecular flexibility index (Phi) is 4.26. The minimum Gasteiger partial charge on any atom is -0.347 e. The summed E-state index contributed by atoms with van der Waals surface area (Å²) in [4.78, 5) is 21.5. The van der Waals surface area contributed by atoms with Crippen LogP contribution < -0.4 is 10.6 Å². The van der Waals surface area contributed by atoms with Gasteiger partial charge >= 0.3 is 0 Å². The monoisotopic (exact) mass is 302 g/mol. The third kappa shape index (κ3) is 3.28. The van der Waals surface area contributed by atoms with Crippen LogP contribution >= 0.6 is 11.3 Å². The molecule has 0 saturated carbocycles. The van der Waals surface area contributed by atoms with Crippen LogP contribution in [0.5, 0.6) is 0 Å². The molecule has 2 unspecified atom stereocenters. The molecule has 110 valence electrons. The molecule has 6 heteroatoms. The Bertz CT molecular complexity index is 613. The van der Waals surface area contributed by atoms with E-state index in [1.54, 1.807) is 12.4 Å². The van der Waals surface area contributed by atoms with Crippen LogP contribution in [0.25, 0.3) is 10.7 Å². The van der Waals surface area contributed by atoms with E-state index >= 15 is 0 Å². The maximum Gasteiger partial charge on any atom is 0.263 e. The molecule has 0 bridgehead atoms. The van der Waals surface area contributed by atoms with Crippen molar-refractivity contribution >= 4 is 17.2 Å². The Morgan fingerprint density at radius 3 is 3.10 bits per heavy atom. The molecule has 0 spiro atoms. The first-order chi connectivity index (χ1) is 10.2. The van der Waals surface area contributed by atoms with Crippen molar-refractivity contribution in [2.75, 3.05) is 13.1 Å². The Morgan fingerprint density at radius 2 is 2.33 bits per heavy atom. The minimum atomic E-state index is -0.0461. The zero-order chi connectivity index (χ0) is 14.7. The van der Waals surface area contributed by atoms with Crippen LogP contribution in [0, 0.1) is 5.92 Å². The number of pyridine rings is 1. The number of carbonyl (C=O) groups is 1. The Morgan fingerprint density at radius 1 is 1.43 bits per heavy atom. The summed E-state index contributed by atoms with van der Waals surface area (Å²) < 4.78 is 0. The largest absolute Gasteiger partial charge is 0.347 e. The number of piperidine rings is 1. The highest BCUT2D eigenvalue weighted by molar-refractivity contribution is 7.16. The first-order valence-electron chi connectivity index (χ1n) is 7.13. The molecular formula is C15H18N4OS. The molecule has 0 aliphatic carbocycles. The lowest BCUT2D eigenvalue weighted by Crippen LogP contribution is -2.50.